The molecule has 0 radical (unpaired) electrons. The van der Waals surface area contributed by atoms with Crippen LogP contribution in [0.4, 0.5) is 0 Å². The number of nitrogens with one attached hydrogen (secondary N) is 1. The zero-order valence-electron chi connectivity index (χ0n) is 15.2. The molecule has 1 unspecified atom stereocenters. The fourth-order valence-corrected chi connectivity index (χ4v) is 2.26. The van der Waals surface area contributed by atoms with Gasteiger partial charge in [-0.05, 0) is 56.2 Å². The summed E-state index contributed by atoms with van der Waals surface area (Å²) in [5.41, 5.74) is 2.33. The Morgan fingerprint density at radius 2 is 1.80 bits per heavy atom. The van der Waals surface area contributed by atoms with Gasteiger partial charge in [-0.25, -0.2) is 0 Å². The van der Waals surface area contributed by atoms with Crippen LogP contribution < -0.4 is 19.5 Å². The van der Waals surface area contributed by atoms with Gasteiger partial charge in [-0.2, -0.15) is 0 Å². The number of carbonyl (C=O) groups excluding carboxylic acids is 1. The molecule has 2 aromatic carbocycles. The van der Waals surface area contributed by atoms with Crippen LogP contribution in [-0.2, 0) is 4.79 Å². The largest absolute Gasteiger partial charge is 0.493 e. The highest BCUT2D eigenvalue weighted by Gasteiger charge is 2.14. The molecule has 0 aliphatic carbocycles. The molecule has 0 saturated carbocycles. The van der Waals surface area contributed by atoms with Crippen LogP contribution in [0.1, 0.15) is 18.1 Å². The lowest BCUT2D eigenvalue weighted by molar-refractivity contribution is -0.127. The molecule has 0 aromatic heterocycles. The average molecular weight is 343 g/mol. The number of hydrogen-bond donors (Lipinski definition) is 1. The standard InChI is InChI=1S/C20H25NO4/c1-14-9-10-17(13-15(14)2)25-16(3)20(22)21-11-12-24-19-8-6-5-7-18(19)23-4/h5-10,13,16H,11-12H2,1-4H3,(H,21,22). The van der Waals surface area contributed by atoms with Gasteiger partial charge in [0.15, 0.2) is 17.6 Å². The summed E-state index contributed by atoms with van der Waals surface area (Å²) in [7, 11) is 1.59. The van der Waals surface area contributed by atoms with E-state index in [2.05, 4.69) is 5.32 Å². The first kappa shape index (κ1) is 18.6. The number of methoxy groups -OCH3 is 1. The number of benzene rings is 2. The zero-order valence-corrected chi connectivity index (χ0v) is 15.2. The second-order valence-corrected chi connectivity index (χ2v) is 5.80. The Morgan fingerprint density at radius 3 is 2.48 bits per heavy atom. The normalized spacial score (nSPS) is 11.5. The molecule has 0 bridgehead atoms. The Hall–Kier alpha value is -2.69. The van der Waals surface area contributed by atoms with E-state index in [1.165, 1.54) is 5.56 Å². The monoisotopic (exact) mass is 343 g/mol. The molecular weight excluding hydrogens is 318 g/mol. The molecule has 1 atom stereocenters. The molecule has 2 rings (SSSR count). The van der Waals surface area contributed by atoms with E-state index in [-0.39, 0.29) is 5.91 Å². The van der Waals surface area contributed by atoms with Gasteiger partial charge in [-0.15, -0.1) is 0 Å². The van der Waals surface area contributed by atoms with Gasteiger partial charge < -0.3 is 19.5 Å². The number of ether oxygens (including phenoxy) is 3. The number of amides is 1. The average Bonchev–Trinajstić information content (AvgIpc) is 2.62. The Labute approximate surface area is 148 Å². The minimum absolute atomic E-state index is 0.179. The molecule has 0 spiro atoms. The van der Waals surface area contributed by atoms with Crippen molar-refractivity contribution in [2.45, 2.75) is 26.9 Å². The quantitative estimate of drug-likeness (QED) is 0.748. The molecule has 1 amide bonds. The third-order valence-corrected chi connectivity index (χ3v) is 3.89. The van der Waals surface area contributed by atoms with Crippen molar-refractivity contribution in [3.05, 3.63) is 53.6 Å². The van der Waals surface area contributed by atoms with Crippen molar-refractivity contribution in [2.24, 2.45) is 0 Å². The van der Waals surface area contributed by atoms with Crippen molar-refractivity contribution in [1.82, 2.24) is 5.32 Å². The molecule has 0 aliphatic rings. The van der Waals surface area contributed by atoms with Gasteiger partial charge in [0.1, 0.15) is 12.4 Å². The van der Waals surface area contributed by atoms with Crippen LogP contribution in [0.25, 0.3) is 0 Å². The maximum absolute atomic E-state index is 12.1. The minimum atomic E-state index is -0.576. The van der Waals surface area contributed by atoms with E-state index in [1.807, 2.05) is 56.3 Å². The van der Waals surface area contributed by atoms with Crippen molar-refractivity contribution in [2.75, 3.05) is 20.3 Å². The van der Waals surface area contributed by atoms with Crippen LogP contribution in [0.3, 0.4) is 0 Å². The van der Waals surface area contributed by atoms with Crippen molar-refractivity contribution < 1.29 is 19.0 Å². The summed E-state index contributed by atoms with van der Waals surface area (Å²) in [5, 5.41) is 2.81. The van der Waals surface area contributed by atoms with Crippen LogP contribution in [0.2, 0.25) is 0 Å². The molecule has 134 valence electrons. The molecule has 5 nitrogen and oxygen atoms in total. The van der Waals surface area contributed by atoms with E-state index in [0.717, 1.165) is 5.56 Å². The predicted octanol–water partition coefficient (Wildman–Crippen LogP) is 3.27. The van der Waals surface area contributed by atoms with Crippen LogP contribution in [0.5, 0.6) is 17.2 Å². The highest BCUT2D eigenvalue weighted by Crippen LogP contribution is 2.25. The fourth-order valence-electron chi connectivity index (χ4n) is 2.26. The van der Waals surface area contributed by atoms with E-state index in [9.17, 15) is 4.79 Å². The third-order valence-electron chi connectivity index (χ3n) is 3.89. The van der Waals surface area contributed by atoms with Gasteiger partial charge >= 0.3 is 0 Å². The van der Waals surface area contributed by atoms with Crippen LogP contribution >= 0.6 is 0 Å². The Kier molecular flexibility index (Phi) is 6.69. The summed E-state index contributed by atoms with van der Waals surface area (Å²) in [6, 6.07) is 13.2. The second-order valence-electron chi connectivity index (χ2n) is 5.80. The first-order valence-electron chi connectivity index (χ1n) is 8.28. The molecular formula is C20H25NO4. The summed E-state index contributed by atoms with van der Waals surface area (Å²) in [6.45, 7) is 6.52. The molecule has 1 N–H and O–H groups in total. The summed E-state index contributed by atoms with van der Waals surface area (Å²) in [4.78, 5) is 12.1. The van der Waals surface area contributed by atoms with Crippen molar-refractivity contribution in [3.8, 4) is 17.2 Å². The fraction of sp³-hybridized carbons (Fsp3) is 0.350. The number of rotatable bonds is 8. The van der Waals surface area contributed by atoms with Crippen molar-refractivity contribution in [1.29, 1.82) is 0 Å². The number of aryl methyl sites for hydroxylation is 2. The zero-order chi connectivity index (χ0) is 18.2. The lowest BCUT2D eigenvalue weighted by atomic mass is 10.1. The summed E-state index contributed by atoms with van der Waals surface area (Å²) in [5.74, 6) is 1.83. The second kappa shape index (κ2) is 8.97. The summed E-state index contributed by atoms with van der Waals surface area (Å²) in [6.07, 6.45) is -0.576. The number of para-hydroxylation sites is 2. The molecule has 0 aliphatic heterocycles. The predicted molar refractivity (Wildman–Crippen MR) is 97.5 cm³/mol. The van der Waals surface area contributed by atoms with Gasteiger partial charge in [-0.1, -0.05) is 18.2 Å². The van der Waals surface area contributed by atoms with E-state index >= 15 is 0 Å². The number of hydrogen-bond acceptors (Lipinski definition) is 4. The van der Waals surface area contributed by atoms with Gasteiger partial charge in [0.25, 0.3) is 5.91 Å². The van der Waals surface area contributed by atoms with E-state index in [0.29, 0.717) is 30.4 Å². The third kappa shape index (κ3) is 5.41. The lowest BCUT2D eigenvalue weighted by Gasteiger charge is -2.16. The molecule has 0 heterocycles. The Balaban J connectivity index is 1.76. The maximum atomic E-state index is 12.1. The molecule has 25 heavy (non-hydrogen) atoms. The molecule has 2 aromatic rings. The highest BCUT2D eigenvalue weighted by molar-refractivity contribution is 5.80. The van der Waals surface area contributed by atoms with Crippen LogP contribution in [0.15, 0.2) is 42.5 Å². The van der Waals surface area contributed by atoms with Gasteiger partial charge in [0, 0.05) is 0 Å². The van der Waals surface area contributed by atoms with Crippen molar-refractivity contribution in [3.63, 3.8) is 0 Å². The summed E-state index contributed by atoms with van der Waals surface area (Å²) >= 11 is 0. The van der Waals surface area contributed by atoms with Crippen LogP contribution in [-0.4, -0.2) is 32.3 Å². The topological polar surface area (TPSA) is 56.8 Å². The van der Waals surface area contributed by atoms with E-state index < -0.39 is 6.10 Å². The highest BCUT2D eigenvalue weighted by atomic mass is 16.5. The van der Waals surface area contributed by atoms with E-state index in [4.69, 9.17) is 14.2 Å². The molecule has 0 saturated heterocycles. The van der Waals surface area contributed by atoms with E-state index in [1.54, 1.807) is 14.0 Å². The minimum Gasteiger partial charge on any atom is -0.493 e. The number of carbonyl (C=O) groups is 1. The molecule has 5 heteroatoms. The first-order valence-corrected chi connectivity index (χ1v) is 8.28. The van der Waals surface area contributed by atoms with Gasteiger partial charge in [0.05, 0.1) is 13.7 Å². The Bertz CT molecular complexity index is 715. The SMILES string of the molecule is COc1ccccc1OCCNC(=O)C(C)Oc1ccc(C)c(C)c1. The Morgan fingerprint density at radius 1 is 1.08 bits per heavy atom. The first-order chi connectivity index (χ1) is 12.0. The maximum Gasteiger partial charge on any atom is 0.260 e. The van der Waals surface area contributed by atoms with Crippen molar-refractivity contribution >= 4 is 5.91 Å². The summed E-state index contributed by atoms with van der Waals surface area (Å²) < 4.78 is 16.5. The lowest BCUT2D eigenvalue weighted by Crippen LogP contribution is -2.38. The van der Waals surface area contributed by atoms with Gasteiger partial charge in [-0.3, -0.25) is 4.79 Å². The van der Waals surface area contributed by atoms with Crippen LogP contribution in [0, 0.1) is 13.8 Å². The molecule has 0 fully saturated rings. The smallest absolute Gasteiger partial charge is 0.260 e. The van der Waals surface area contributed by atoms with Gasteiger partial charge in [0.2, 0.25) is 0 Å².